The largest absolute Gasteiger partial charge is 0.269 e. The summed E-state index contributed by atoms with van der Waals surface area (Å²) in [6.07, 6.45) is 0.535. The summed E-state index contributed by atoms with van der Waals surface area (Å²) in [7, 11) is 0. The fraction of sp³-hybridized carbons (Fsp3) is 0.158. The van der Waals surface area contributed by atoms with Gasteiger partial charge in [-0.15, -0.1) is 5.92 Å². The summed E-state index contributed by atoms with van der Waals surface area (Å²) < 4.78 is 0. The Kier molecular flexibility index (Phi) is 3.76. The molecule has 0 radical (unpaired) electrons. The van der Waals surface area contributed by atoms with E-state index >= 15 is 0 Å². The summed E-state index contributed by atoms with van der Waals surface area (Å²) in [5.74, 6) is 5.32. The standard InChI is InChI=1S/C19H15NO2/c1-2-8-15(13-14-9-4-3-5-10-14)20-18(21)16-11-6-7-12-17(16)19(20)22/h3-7,9-12,15H,13H2,1H3. The fourth-order valence-corrected chi connectivity index (χ4v) is 2.70. The lowest BCUT2D eigenvalue weighted by molar-refractivity contribution is 0.0620. The molecule has 1 aliphatic rings. The molecular formula is C19H15NO2. The van der Waals surface area contributed by atoms with Crippen LogP contribution in [0.1, 0.15) is 33.2 Å². The van der Waals surface area contributed by atoms with Gasteiger partial charge in [-0.1, -0.05) is 48.4 Å². The van der Waals surface area contributed by atoms with E-state index in [1.165, 1.54) is 4.90 Å². The average molecular weight is 289 g/mol. The minimum atomic E-state index is -0.445. The van der Waals surface area contributed by atoms with Crippen LogP contribution in [0.4, 0.5) is 0 Å². The first kappa shape index (κ1) is 14.1. The van der Waals surface area contributed by atoms with Crippen LogP contribution in [0.25, 0.3) is 0 Å². The number of carbonyl (C=O) groups is 2. The van der Waals surface area contributed by atoms with E-state index in [-0.39, 0.29) is 11.8 Å². The zero-order valence-corrected chi connectivity index (χ0v) is 12.2. The highest BCUT2D eigenvalue weighted by atomic mass is 16.2. The summed E-state index contributed by atoms with van der Waals surface area (Å²) in [5, 5.41) is 0. The van der Waals surface area contributed by atoms with Crippen molar-refractivity contribution >= 4 is 11.8 Å². The number of amides is 2. The molecule has 0 aromatic heterocycles. The number of fused-ring (bicyclic) bond motifs is 1. The molecule has 0 N–H and O–H groups in total. The van der Waals surface area contributed by atoms with Crippen LogP contribution in [0.2, 0.25) is 0 Å². The molecule has 2 aromatic carbocycles. The predicted molar refractivity (Wildman–Crippen MR) is 84.3 cm³/mol. The molecule has 108 valence electrons. The molecule has 3 rings (SSSR count). The van der Waals surface area contributed by atoms with Crippen molar-refractivity contribution in [3.8, 4) is 11.8 Å². The first-order valence-corrected chi connectivity index (χ1v) is 7.15. The molecule has 2 amide bonds. The molecule has 1 unspecified atom stereocenters. The van der Waals surface area contributed by atoms with Crippen LogP contribution >= 0.6 is 0 Å². The third-order valence-electron chi connectivity index (χ3n) is 3.72. The maximum Gasteiger partial charge on any atom is 0.262 e. The van der Waals surface area contributed by atoms with Crippen molar-refractivity contribution < 1.29 is 9.59 Å². The number of imide groups is 1. The third-order valence-corrected chi connectivity index (χ3v) is 3.72. The highest BCUT2D eigenvalue weighted by molar-refractivity contribution is 6.21. The van der Waals surface area contributed by atoms with Crippen molar-refractivity contribution in [3.05, 3.63) is 71.3 Å². The van der Waals surface area contributed by atoms with Gasteiger partial charge in [-0.05, 0) is 24.6 Å². The Bertz CT molecular complexity index is 749. The number of nitrogens with zero attached hydrogens (tertiary/aromatic N) is 1. The second kappa shape index (κ2) is 5.87. The smallest absolute Gasteiger partial charge is 0.262 e. The molecule has 1 atom stereocenters. The molecule has 0 saturated carbocycles. The van der Waals surface area contributed by atoms with Crippen LogP contribution < -0.4 is 0 Å². The highest BCUT2D eigenvalue weighted by Crippen LogP contribution is 2.25. The first-order valence-electron chi connectivity index (χ1n) is 7.15. The molecule has 0 saturated heterocycles. The van der Waals surface area contributed by atoms with Gasteiger partial charge in [0.1, 0.15) is 6.04 Å². The van der Waals surface area contributed by atoms with Crippen molar-refractivity contribution in [3.63, 3.8) is 0 Å². The van der Waals surface area contributed by atoms with E-state index in [1.807, 2.05) is 30.3 Å². The van der Waals surface area contributed by atoms with Gasteiger partial charge in [-0.2, -0.15) is 0 Å². The number of hydrogen-bond donors (Lipinski definition) is 0. The Labute approximate surface area is 129 Å². The fourth-order valence-electron chi connectivity index (χ4n) is 2.70. The molecule has 0 aliphatic carbocycles. The van der Waals surface area contributed by atoms with Gasteiger partial charge in [0.05, 0.1) is 11.1 Å². The lowest BCUT2D eigenvalue weighted by Crippen LogP contribution is -2.40. The van der Waals surface area contributed by atoms with Crippen molar-refractivity contribution in [2.75, 3.05) is 0 Å². The molecular weight excluding hydrogens is 274 g/mol. The van der Waals surface area contributed by atoms with E-state index in [1.54, 1.807) is 31.2 Å². The third kappa shape index (κ3) is 2.40. The molecule has 22 heavy (non-hydrogen) atoms. The number of benzene rings is 2. The quantitative estimate of drug-likeness (QED) is 0.643. The molecule has 1 heterocycles. The van der Waals surface area contributed by atoms with Crippen molar-refractivity contribution in [1.29, 1.82) is 0 Å². The molecule has 0 fully saturated rings. The van der Waals surface area contributed by atoms with E-state index in [9.17, 15) is 9.59 Å². The molecule has 0 spiro atoms. The van der Waals surface area contributed by atoms with Gasteiger partial charge < -0.3 is 0 Å². The number of hydrogen-bond acceptors (Lipinski definition) is 2. The molecule has 0 bridgehead atoms. The van der Waals surface area contributed by atoms with Crippen LogP contribution in [0.15, 0.2) is 54.6 Å². The van der Waals surface area contributed by atoms with Crippen molar-refractivity contribution in [2.45, 2.75) is 19.4 Å². The van der Waals surface area contributed by atoms with Crippen LogP contribution in [0, 0.1) is 11.8 Å². The Hall–Kier alpha value is -2.86. The summed E-state index contributed by atoms with van der Waals surface area (Å²) in [5.41, 5.74) is 1.97. The van der Waals surface area contributed by atoms with Crippen molar-refractivity contribution in [2.24, 2.45) is 0 Å². The second-order valence-electron chi connectivity index (χ2n) is 5.13. The highest BCUT2D eigenvalue weighted by Gasteiger charge is 2.39. The van der Waals surface area contributed by atoms with Crippen LogP contribution in [-0.2, 0) is 6.42 Å². The maximum absolute atomic E-state index is 12.6. The van der Waals surface area contributed by atoms with Gasteiger partial charge in [0.2, 0.25) is 0 Å². The second-order valence-corrected chi connectivity index (χ2v) is 5.13. The monoisotopic (exact) mass is 289 g/mol. The minimum absolute atomic E-state index is 0.260. The zero-order valence-electron chi connectivity index (χ0n) is 12.2. The Balaban J connectivity index is 1.95. The van der Waals surface area contributed by atoms with Gasteiger partial charge in [0.15, 0.2) is 0 Å². The number of carbonyl (C=O) groups excluding carboxylic acids is 2. The van der Waals surface area contributed by atoms with Crippen molar-refractivity contribution in [1.82, 2.24) is 4.90 Å². The summed E-state index contributed by atoms with van der Waals surface area (Å²) in [6, 6.07) is 16.2. The minimum Gasteiger partial charge on any atom is -0.269 e. The van der Waals surface area contributed by atoms with Gasteiger partial charge >= 0.3 is 0 Å². The van der Waals surface area contributed by atoms with E-state index in [2.05, 4.69) is 11.8 Å². The first-order chi connectivity index (χ1) is 10.7. The van der Waals surface area contributed by atoms with Crippen LogP contribution in [-0.4, -0.2) is 22.8 Å². The molecule has 1 aliphatic heterocycles. The Morgan fingerprint density at radius 1 is 0.909 bits per heavy atom. The lowest BCUT2D eigenvalue weighted by Gasteiger charge is -2.21. The van der Waals surface area contributed by atoms with E-state index < -0.39 is 6.04 Å². The molecule has 3 nitrogen and oxygen atoms in total. The van der Waals surface area contributed by atoms with E-state index in [0.29, 0.717) is 17.5 Å². The molecule has 2 aromatic rings. The summed E-state index contributed by atoms with van der Waals surface area (Å²) in [4.78, 5) is 26.4. The Morgan fingerprint density at radius 3 is 2.00 bits per heavy atom. The Morgan fingerprint density at radius 2 is 1.45 bits per heavy atom. The zero-order chi connectivity index (χ0) is 15.5. The summed E-state index contributed by atoms with van der Waals surface area (Å²) >= 11 is 0. The summed E-state index contributed by atoms with van der Waals surface area (Å²) in [6.45, 7) is 1.72. The van der Waals surface area contributed by atoms with Gasteiger partial charge in [0, 0.05) is 6.42 Å². The van der Waals surface area contributed by atoms with Gasteiger partial charge in [0.25, 0.3) is 11.8 Å². The average Bonchev–Trinajstić information content (AvgIpc) is 2.80. The van der Waals surface area contributed by atoms with Gasteiger partial charge in [-0.3, -0.25) is 14.5 Å². The van der Waals surface area contributed by atoms with E-state index in [0.717, 1.165) is 5.56 Å². The maximum atomic E-state index is 12.6. The predicted octanol–water partition coefficient (Wildman–Crippen LogP) is 2.92. The van der Waals surface area contributed by atoms with Gasteiger partial charge in [-0.25, -0.2) is 0 Å². The number of rotatable bonds is 3. The normalized spacial score (nSPS) is 14.3. The molecule has 3 heteroatoms. The van der Waals surface area contributed by atoms with Crippen LogP contribution in [0.3, 0.4) is 0 Å². The topological polar surface area (TPSA) is 37.4 Å². The van der Waals surface area contributed by atoms with Crippen LogP contribution in [0.5, 0.6) is 0 Å². The SMILES string of the molecule is CC#CC(Cc1ccccc1)N1C(=O)c2ccccc2C1=O. The van der Waals surface area contributed by atoms with E-state index in [4.69, 9.17) is 0 Å². The lowest BCUT2D eigenvalue weighted by atomic mass is 10.0.